The summed E-state index contributed by atoms with van der Waals surface area (Å²) < 4.78 is 36.4. The highest BCUT2D eigenvalue weighted by molar-refractivity contribution is 7.10. The largest absolute Gasteiger partial charge is 0.502 e. The monoisotopic (exact) mass is 485 g/mol. The number of nitrogens with zero attached hydrogens (tertiary/aromatic N) is 3. The first kappa shape index (κ1) is 22.1. The fourth-order valence-electron chi connectivity index (χ4n) is 4.33. The fourth-order valence-corrected chi connectivity index (χ4v) is 5.24. The minimum absolute atomic E-state index is 0.0280. The number of carbonyl (C=O) groups is 1. The molecular weight excluding hydrogens is 464 g/mol. The van der Waals surface area contributed by atoms with Crippen LogP contribution in [0.15, 0.2) is 46.7 Å². The van der Waals surface area contributed by atoms with Crippen LogP contribution >= 0.6 is 11.3 Å². The molecule has 2 bridgehead atoms. The molecule has 1 atom stereocenters. The highest BCUT2D eigenvalue weighted by Gasteiger charge is 2.38. The molecule has 2 aromatic heterocycles. The molecule has 0 fully saturated rings. The zero-order valence-electron chi connectivity index (χ0n) is 18.4. The second kappa shape index (κ2) is 8.28. The number of pyridine rings is 1. The standard InChI is InChI=1S/C24H21F2N3O4S/c1-13-14(2)34-11-16(13)20-15-5-6-17(25)19(26)23(15)33-10-4-3-8-27-12-29(20)28-9-7-18(30)22(31)21(28)24(27)32/h3-7,9,11,20,31H,8,10,12H2,1-2H3/b4-3-/t20-/m0/s1. The van der Waals surface area contributed by atoms with Gasteiger partial charge in [-0.3, -0.25) is 19.3 Å². The zero-order chi connectivity index (χ0) is 24.1. The van der Waals surface area contributed by atoms with Gasteiger partial charge >= 0.3 is 0 Å². The highest BCUT2D eigenvalue weighted by atomic mass is 32.1. The Morgan fingerprint density at radius 2 is 1.91 bits per heavy atom. The van der Waals surface area contributed by atoms with Crippen LogP contribution in [0.5, 0.6) is 11.5 Å². The first-order valence-electron chi connectivity index (χ1n) is 10.6. The van der Waals surface area contributed by atoms with Crippen LogP contribution in [-0.4, -0.2) is 40.4 Å². The Balaban J connectivity index is 1.85. The molecule has 1 amide bonds. The molecule has 0 aliphatic carbocycles. The van der Waals surface area contributed by atoms with Gasteiger partial charge in [0.2, 0.25) is 11.2 Å². The van der Waals surface area contributed by atoms with E-state index >= 15 is 4.39 Å². The van der Waals surface area contributed by atoms with Gasteiger partial charge < -0.3 is 14.7 Å². The first-order chi connectivity index (χ1) is 16.3. The van der Waals surface area contributed by atoms with Gasteiger partial charge in [-0.25, -0.2) is 4.39 Å². The molecule has 1 N–H and O–H groups in total. The lowest BCUT2D eigenvalue weighted by Crippen LogP contribution is -2.55. The molecule has 0 spiro atoms. The third kappa shape index (κ3) is 3.37. The van der Waals surface area contributed by atoms with Crippen LogP contribution in [0.3, 0.4) is 0 Å². The van der Waals surface area contributed by atoms with Gasteiger partial charge in [0.05, 0.1) is 0 Å². The topological polar surface area (TPSA) is 75.0 Å². The molecule has 0 radical (unpaired) electrons. The van der Waals surface area contributed by atoms with Gasteiger partial charge in [-0.2, -0.15) is 4.39 Å². The molecule has 5 rings (SSSR count). The molecule has 4 heterocycles. The predicted octanol–water partition coefficient (Wildman–Crippen LogP) is 3.60. The molecule has 2 aliphatic rings. The number of fused-ring (bicyclic) bond motifs is 5. The average molecular weight is 486 g/mol. The lowest BCUT2D eigenvalue weighted by atomic mass is 9.95. The van der Waals surface area contributed by atoms with Gasteiger partial charge in [-0.1, -0.05) is 6.08 Å². The third-order valence-corrected chi connectivity index (χ3v) is 7.28. The number of thiophene rings is 1. The highest BCUT2D eigenvalue weighted by Crippen LogP contribution is 2.41. The molecule has 0 saturated carbocycles. The summed E-state index contributed by atoms with van der Waals surface area (Å²) in [6.07, 6.45) is 4.68. The SMILES string of the molecule is Cc1scc([C@@H]2c3ccc(F)c(F)c3OC/C=C\CN3CN2n2ccc(=O)c(O)c2C3=O)c1C. The molecule has 7 nitrogen and oxygen atoms in total. The second-order valence-electron chi connectivity index (χ2n) is 8.17. The van der Waals surface area contributed by atoms with Gasteiger partial charge in [-0.05, 0) is 48.6 Å². The van der Waals surface area contributed by atoms with E-state index in [1.165, 1.54) is 33.2 Å². The maximum atomic E-state index is 15.0. The first-order valence-corrected chi connectivity index (χ1v) is 11.5. The Kier molecular flexibility index (Phi) is 5.40. The summed E-state index contributed by atoms with van der Waals surface area (Å²) in [5, 5.41) is 14.2. The Bertz CT molecular complexity index is 1400. The summed E-state index contributed by atoms with van der Waals surface area (Å²) in [4.78, 5) is 27.9. The maximum Gasteiger partial charge on any atom is 0.278 e. The van der Waals surface area contributed by atoms with Gasteiger partial charge in [0.1, 0.15) is 19.3 Å². The summed E-state index contributed by atoms with van der Waals surface area (Å²) in [6, 6.07) is 2.96. The summed E-state index contributed by atoms with van der Waals surface area (Å²) in [5.41, 5.74) is 1.25. The third-order valence-electron chi connectivity index (χ3n) is 6.24. The van der Waals surface area contributed by atoms with E-state index in [4.69, 9.17) is 4.74 Å². The van der Waals surface area contributed by atoms with E-state index in [0.29, 0.717) is 5.56 Å². The smallest absolute Gasteiger partial charge is 0.278 e. The molecule has 2 aliphatic heterocycles. The van der Waals surface area contributed by atoms with Crippen LogP contribution in [0.25, 0.3) is 0 Å². The summed E-state index contributed by atoms with van der Waals surface area (Å²) in [5.74, 6) is -3.55. The number of aryl methyl sites for hydroxylation is 1. The van der Waals surface area contributed by atoms with E-state index in [0.717, 1.165) is 28.1 Å². The number of halogens is 2. The quantitative estimate of drug-likeness (QED) is 0.533. The summed E-state index contributed by atoms with van der Waals surface area (Å²) >= 11 is 1.51. The minimum Gasteiger partial charge on any atom is -0.502 e. The van der Waals surface area contributed by atoms with Gasteiger partial charge in [0.15, 0.2) is 23.0 Å². The van der Waals surface area contributed by atoms with E-state index in [9.17, 15) is 19.1 Å². The maximum absolute atomic E-state index is 15.0. The van der Waals surface area contributed by atoms with E-state index in [2.05, 4.69) is 0 Å². The average Bonchev–Trinajstić information content (AvgIpc) is 3.12. The Morgan fingerprint density at radius 1 is 1.12 bits per heavy atom. The van der Waals surface area contributed by atoms with Crippen LogP contribution in [0.4, 0.5) is 8.78 Å². The lowest BCUT2D eigenvalue weighted by Gasteiger charge is -2.43. The molecular formula is C24H21F2N3O4S. The van der Waals surface area contributed by atoms with E-state index < -0.39 is 34.8 Å². The van der Waals surface area contributed by atoms with Crippen molar-refractivity contribution >= 4 is 17.2 Å². The van der Waals surface area contributed by atoms with Crippen molar-refractivity contribution in [1.29, 1.82) is 0 Å². The van der Waals surface area contributed by atoms with Gasteiger partial charge in [-0.15, -0.1) is 11.3 Å². The number of aromatic nitrogens is 1. The normalized spacial score (nSPS) is 18.6. The number of hydrogen-bond donors (Lipinski definition) is 1. The van der Waals surface area contributed by atoms with E-state index in [1.54, 1.807) is 17.2 Å². The number of benzene rings is 1. The van der Waals surface area contributed by atoms with Crippen LogP contribution in [0, 0.1) is 25.5 Å². The van der Waals surface area contributed by atoms with Crippen molar-refractivity contribution < 1.29 is 23.4 Å². The zero-order valence-corrected chi connectivity index (χ0v) is 19.2. The molecule has 176 valence electrons. The van der Waals surface area contributed by atoms with Crippen molar-refractivity contribution in [2.45, 2.75) is 19.9 Å². The Labute approximate surface area is 197 Å². The van der Waals surface area contributed by atoms with Crippen LogP contribution in [0.2, 0.25) is 0 Å². The number of hydrogen-bond acceptors (Lipinski definition) is 6. The van der Waals surface area contributed by atoms with Gasteiger partial charge in [0.25, 0.3) is 5.91 Å². The van der Waals surface area contributed by atoms with Crippen molar-refractivity contribution in [3.05, 3.63) is 91.0 Å². The molecule has 10 heteroatoms. The summed E-state index contributed by atoms with van der Waals surface area (Å²) in [6.45, 7) is 4.10. The number of amides is 1. The van der Waals surface area contributed by atoms with Crippen LogP contribution in [-0.2, 0) is 0 Å². The number of rotatable bonds is 1. The molecule has 34 heavy (non-hydrogen) atoms. The summed E-state index contributed by atoms with van der Waals surface area (Å²) in [7, 11) is 0. The van der Waals surface area contributed by atoms with Crippen molar-refractivity contribution in [2.24, 2.45) is 0 Å². The Hall–Kier alpha value is -3.66. The number of carbonyl (C=O) groups excluding carboxylic acids is 1. The number of aromatic hydroxyl groups is 1. The molecule has 1 aromatic carbocycles. The lowest BCUT2D eigenvalue weighted by molar-refractivity contribution is 0.0701. The second-order valence-corrected chi connectivity index (χ2v) is 9.25. The fraction of sp³-hybridized carbons (Fsp3) is 0.250. The van der Waals surface area contributed by atoms with E-state index in [-0.39, 0.29) is 31.3 Å². The Morgan fingerprint density at radius 3 is 2.65 bits per heavy atom. The van der Waals surface area contributed by atoms with Crippen LogP contribution < -0.4 is 15.2 Å². The van der Waals surface area contributed by atoms with Crippen molar-refractivity contribution in [3.63, 3.8) is 0 Å². The molecule has 0 saturated heterocycles. The van der Waals surface area contributed by atoms with Gasteiger partial charge in [0, 0.05) is 29.2 Å². The van der Waals surface area contributed by atoms with E-state index in [1.807, 2.05) is 19.2 Å². The van der Waals surface area contributed by atoms with Crippen LogP contribution in [0.1, 0.15) is 38.1 Å². The number of ether oxygens (including phenoxy) is 1. The minimum atomic E-state index is -1.10. The van der Waals surface area contributed by atoms with Crippen molar-refractivity contribution in [1.82, 2.24) is 9.58 Å². The van der Waals surface area contributed by atoms with Crippen molar-refractivity contribution in [3.8, 4) is 11.5 Å². The van der Waals surface area contributed by atoms with Crippen molar-refractivity contribution in [2.75, 3.05) is 24.8 Å². The predicted molar refractivity (Wildman–Crippen MR) is 123 cm³/mol. The molecule has 0 unspecified atom stereocenters. The molecule has 3 aromatic rings.